The maximum absolute atomic E-state index is 13.5. The fraction of sp³-hybridized carbons (Fsp3) is 0.154. The molecular weight excluding hydrogens is 507 g/mol. The SMILES string of the molecule is CCNc1ccc(S(=O)(=O)C(F)(F)F)cc1NC(=O)c1cc(-c2ccc(OC)cc2)nc2ccccc12. The molecule has 1 aromatic heterocycles. The molecule has 0 aliphatic carbocycles. The number of sulfone groups is 1. The van der Waals surface area contributed by atoms with Crippen LogP contribution in [0, 0.1) is 0 Å². The van der Waals surface area contributed by atoms with E-state index >= 15 is 0 Å². The molecule has 37 heavy (non-hydrogen) atoms. The summed E-state index contributed by atoms with van der Waals surface area (Å²) in [4.78, 5) is 17.1. The van der Waals surface area contributed by atoms with Gasteiger partial charge >= 0.3 is 5.51 Å². The summed E-state index contributed by atoms with van der Waals surface area (Å²) in [5.74, 6) is 0.00113. The summed E-state index contributed by atoms with van der Waals surface area (Å²) in [5.41, 5.74) is -3.37. The third-order valence-corrected chi connectivity index (χ3v) is 7.05. The lowest BCUT2D eigenvalue weighted by Crippen LogP contribution is -2.23. The van der Waals surface area contributed by atoms with Crippen LogP contribution in [0.2, 0.25) is 0 Å². The van der Waals surface area contributed by atoms with E-state index in [9.17, 15) is 26.4 Å². The van der Waals surface area contributed by atoms with Crippen molar-refractivity contribution < 1.29 is 31.1 Å². The molecule has 7 nitrogen and oxygen atoms in total. The summed E-state index contributed by atoms with van der Waals surface area (Å²) in [7, 11) is -4.07. The van der Waals surface area contributed by atoms with Gasteiger partial charge in [0.05, 0.1) is 40.2 Å². The molecule has 3 aromatic carbocycles. The van der Waals surface area contributed by atoms with E-state index in [0.29, 0.717) is 34.5 Å². The van der Waals surface area contributed by atoms with Crippen molar-refractivity contribution >= 4 is 38.0 Å². The molecule has 4 rings (SSSR count). The monoisotopic (exact) mass is 529 g/mol. The minimum Gasteiger partial charge on any atom is -0.497 e. The summed E-state index contributed by atoms with van der Waals surface area (Å²) in [6.45, 7) is 2.14. The van der Waals surface area contributed by atoms with Gasteiger partial charge in [0, 0.05) is 17.5 Å². The number of nitrogens with zero attached hydrogens (tertiary/aromatic N) is 1. The molecular formula is C26H22F3N3O4S. The maximum Gasteiger partial charge on any atom is 0.501 e. The largest absolute Gasteiger partial charge is 0.501 e. The molecule has 1 heterocycles. The van der Waals surface area contributed by atoms with Crippen LogP contribution < -0.4 is 15.4 Å². The maximum atomic E-state index is 13.5. The average molecular weight is 530 g/mol. The van der Waals surface area contributed by atoms with Crippen LogP contribution in [-0.4, -0.2) is 38.5 Å². The number of rotatable bonds is 7. The zero-order chi connectivity index (χ0) is 26.8. The number of anilines is 2. The minimum atomic E-state index is -5.61. The van der Waals surface area contributed by atoms with Gasteiger partial charge in [-0.3, -0.25) is 4.79 Å². The molecule has 0 radical (unpaired) electrons. The number of ether oxygens (including phenoxy) is 1. The number of para-hydroxylation sites is 1. The molecule has 0 fully saturated rings. The smallest absolute Gasteiger partial charge is 0.497 e. The van der Waals surface area contributed by atoms with Gasteiger partial charge in [-0.1, -0.05) is 18.2 Å². The number of hydrogen-bond donors (Lipinski definition) is 2. The normalized spacial score (nSPS) is 11.8. The van der Waals surface area contributed by atoms with Crippen molar-refractivity contribution in [3.63, 3.8) is 0 Å². The summed E-state index contributed by atoms with van der Waals surface area (Å²) < 4.78 is 68.6. The average Bonchev–Trinajstić information content (AvgIpc) is 2.88. The first-order valence-corrected chi connectivity index (χ1v) is 12.6. The fourth-order valence-electron chi connectivity index (χ4n) is 3.73. The molecule has 2 N–H and O–H groups in total. The highest BCUT2D eigenvalue weighted by Crippen LogP contribution is 2.34. The van der Waals surface area contributed by atoms with Crippen LogP contribution in [0.15, 0.2) is 77.7 Å². The third-order valence-electron chi connectivity index (χ3n) is 5.57. The Kier molecular flexibility index (Phi) is 7.08. The Morgan fingerprint density at radius 3 is 2.32 bits per heavy atom. The highest BCUT2D eigenvalue weighted by Gasteiger charge is 2.47. The van der Waals surface area contributed by atoms with Crippen LogP contribution >= 0.6 is 0 Å². The molecule has 1 amide bonds. The first-order valence-electron chi connectivity index (χ1n) is 11.1. The highest BCUT2D eigenvalue weighted by molar-refractivity contribution is 7.92. The second-order valence-corrected chi connectivity index (χ2v) is 9.88. The second-order valence-electron chi connectivity index (χ2n) is 7.94. The van der Waals surface area contributed by atoms with E-state index in [1.807, 2.05) is 0 Å². The van der Waals surface area contributed by atoms with Gasteiger partial charge in [-0.05, 0) is 61.5 Å². The number of nitrogens with one attached hydrogen (secondary N) is 2. The number of amides is 1. The number of carbonyl (C=O) groups excluding carboxylic acids is 1. The van der Waals surface area contributed by atoms with E-state index in [0.717, 1.165) is 12.1 Å². The van der Waals surface area contributed by atoms with E-state index in [2.05, 4.69) is 15.6 Å². The van der Waals surface area contributed by atoms with Crippen molar-refractivity contribution in [1.82, 2.24) is 4.98 Å². The number of benzene rings is 3. The van der Waals surface area contributed by atoms with Gasteiger partial charge in [-0.15, -0.1) is 0 Å². The number of fused-ring (bicyclic) bond motifs is 1. The molecule has 0 spiro atoms. The minimum absolute atomic E-state index is 0.107. The van der Waals surface area contributed by atoms with Gasteiger partial charge in [0.15, 0.2) is 0 Å². The summed E-state index contributed by atoms with van der Waals surface area (Å²) in [5, 5.41) is 6.02. The predicted molar refractivity (Wildman–Crippen MR) is 136 cm³/mol. The lowest BCUT2D eigenvalue weighted by Gasteiger charge is -2.16. The Morgan fingerprint density at radius 2 is 1.68 bits per heavy atom. The van der Waals surface area contributed by atoms with Crippen molar-refractivity contribution in [2.75, 3.05) is 24.3 Å². The molecule has 4 aromatic rings. The Labute approximate surface area is 211 Å². The lowest BCUT2D eigenvalue weighted by atomic mass is 10.0. The number of hydrogen-bond acceptors (Lipinski definition) is 6. The number of carbonyl (C=O) groups is 1. The van der Waals surface area contributed by atoms with Gasteiger partial charge in [-0.2, -0.15) is 13.2 Å². The van der Waals surface area contributed by atoms with Crippen LogP contribution in [-0.2, 0) is 9.84 Å². The van der Waals surface area contributed by atoms with Crippen molar-refractivity contribution in [3.8, 4) is 17.0 Å². The topological polar surface area (TPSA) is 97.4 Å². The van der Waals surface area contributed by atoms with Crippen molar-refractivity contribution in [1.29, 1.82) is 0 Å². The zero-order valence-electron chi connectivity index (χ0n) is 19.8. The van der Waals surface area contributed by atoms with Gasteiger partial charge in [0.25, 0.3) is 15.7 Å². The van der Waals surface area contributed by atoms with E-state index < -0.39 is 26.1 Å². The lowest BCUT2D eigenvalue weighted by molar-refractivity contribution is -0.0436. The number of halogens is 3. The molecule has 192 valence electrons. The van der Waals surface area contributed by atoms with E-state index in [4.69, 9.17) is 4.74 Å². The van der Waals surface area contributed by atoms with Gasteiger partial charge < -0.3 is 15.4 Å². The number of methoxy groups -OCH3 is 1. The zero-order valence-corrected chi connectivity index (χ0v) is 20.6. The van der Waals surface area contributed by atoms with E-state index in [1.54, 1.807) is 68.6 Å². The van der Waals surface area contributed by atoms with E-state index in [1.165, 1.54) is 6.07 Å². The van der Waals surface area contributed by atoms with Crippen molar-refractivity contribution in [3.05, 3.63) is 78.4 Å². The summed E-state index contributed by atoms with van der Waals surface area (Å²) in [6.07, 6.45) is 0. The molecule has 0 saturated carbocycles. The van der Waals surface area contributed by atoms with Gasteiger partial charge in [0.1, 0.15) is 5.75 Å². The molecule has 0 aliphatic rings. The van der Waals surface area contributed by atoms with Crippen LogP contribution in [0.25, 0.3) is 22.2 Å². The molecule has 0 aliphatic heterocycles. The van der Waals surface area contributed by atoms with Crippen LogP contribution in [0.5, 0.6) is 5.75 Å². The third kappa shape index (κ3) is 5.21. The quantitative estimate of drug-likeness (QED) is 0.310. The standard InChI is InChI=1S/C26H22F3N3O4S/c1-3-30-22-13-12-18(37(34,35)26(27,28)29)14-24(22)32-25(33)20-15-23(16-8-10-17(36-2)11-9-16)31-21-7-5-4-6-19(20)21/h4-15,30H,3H2,1-2H3,(H,32,33). The number of pyridine rings is 1. The van der Waals surface area contributed by atoms with Gasteiger partial charge in [-0.25, -0.2) is 13.4 Å². The number of alkyl halides is 3. The van der Waals surface area contributed by atoms with Crippen LogP contribution in [0.4, 0.5) is 24.5 Å². The highest BCUT2D eigenvalue weighted by atomic mass is 32.2. The summed E-state index contributed by atoms with van der Waals surface area (Å²) in [6, 6.07) is 18.4. The van der Waals surface area contributed by atoms with Gasteiger partial charge in [0.2, 0.25) is 0 Å². The Morgan fingerprint density at radius 1 is 0.973 bits per heavy atom. The number of aromatic nitrogens is 1. The van der Waals surface area contributed by atoms with E-state index in [-0.39, 0.29) is 16.9 Å². The van der Waals surface area contributed by atoms with Crippen LogP contribution in [0.1, 0.15) is 17.3 Å². The fourth-order valence-corrected chi connectivity index (χ4v) is 4.52. The first kappa shape index (κ1) is 26.0. The molecule has 0 saturated heterocycles. The van der Waals surface area contributed by atoms with Crippen molar-refractivity contribution in [2.24, 2.45) is 0 Å². The predicted octanol–water partition coefficient (Wildman–Crippen LogP) is 5.89. The van der Waals surface area contributed by atoms with Crippen LogP contribution in [0.3, 0.4) is 0 Å². The molecule has 0 bridgehead atoms. The molecule has 0 unspecified atom stereocenters. The van der Waals surface area contributed by atoms with Crippen molar-refractivity contribution in [2.45, 2.75) is 17.3 Å². The Bertz CT molecular complexity index is 1570. The summed E-state index contributed by atoms with van der Waals surface area (Å²) >= 11 is 0. The Hall–Kier alpha value is -4.12. The molecule has 11 heteroatoms. The molecule has 0 atom stereocenters. The first-order chi connectivity index (χ1) is 17.5. The second kappa shape index (κ2) is 10.1. The Balaban J connectivity index is 1.80.